The summed E-state index contributed by atoms with van der Waals surface area (Å²) in [5, 5.41) is 4.15. The molecule has 5 nitrogen and oxygen atoms in total. The molecule has 2 amide bonds. The molecule has 0 bridgehead atoms. The van der Waals surface area contributed by atoms with Gasteiger partial charge in [0.05, 0.1) is 16.8 Å². The maximum absolute atomic E-state index is 13.9. The van der Waals surface area contributed by atoms with Crippen molar-refractivity contribution in [3.63, 3.8) is 0 Å². The van der Waals surface area contributed by atoms with Crippen LogP contribution >= 0.6 is 0 Å². The number of nitrogens with zero attached hydrogens (tertiary/aromatic N) is 2. The summed E-state index contributed by atoms with van der Waals surface area (Å²) in [6, 6.07) is 17.8. The van der Waals surface area contributed by atoms with Crippen LogP contribution in [0.25, 0.3) is 22.2 Å². The maximum atomic E-state index is 13.9. The van der Waals surface area contributed by atoms with Crippen LogP contribution in [0.5, 0.6) is 0 Å². The highest BCUT2D eigenvalue weighted by atomic mass is 16.2. The molecule has 1 aliphatic rings. The molecule has 3 aromatic rings. The van der Waals surface area contributed by atoms with Crippen molar-refractivity contribution >= 4 is 22.7 Å². The first kappa shape index (κ1) is 23.9. The third-order valence-electron chi connectivity index (χ3n) is 7.11. The third kappa shape index (κ3) is 5.14. The van der Waals surface area contributed by atoms with Gasteiger partial charge in [-0.1, -0.05) is 74.7 Å². The van der Waals surface area contributed by atoms with Crippen molar-refractivity contribution < 1.29 is 9.59 Å². The number of rotatable bonds is 7. The molecule has 0 unspecified atom stereocenters. The zero-order valence-electron chi connectivity index (χ0n) is 20.5. The summed E-state index contributed by atoms with van der Waals surface area (Å²) in [6.45, 7) is 4.31. The molecule has 34 heavy (non-hydrogen) atoms. The van der Waals surface area contributed by atoms with Crippen molar-refractivity contribution in [3.05, 3.63) is 65.7 Å². The summed E-state index contributed by atoms with van der Waals surface area (Å²) in [7, 11) is 1.79. The Balaban J connectivity index is 1.84. The number of benzene rings is 2. The lowest BCUT2D eigenvalue weighted by Crippen LogP contribution is -2.39. The van der Waals surface area contributed by atoms with Gasteiger partial charge in [-0.05, 0) is 31.7 Å². The number of carbonyl (C=O) groups is 2. The molecule has 1 N–H and O–H groups in total. The van der Waals surface area contributed by atoms with E-state index in [2.05, 4.69) is 12.2 Å². The zero-order valence-corrected chi connectivity index (χ0v) is 20.5. The van der Waals surface area contributed by atoms with Crippen molar-refractivity contribution in [1.29, 1.82) is 0 Å². The van der Waals surface area contributed by atoms with Crippen LogP contribution < -0.4 is 5.32 Å². The normalized spacial score (nSPS) is 15.1. The lowest BCUT2D eigenvalue weighted by Gasteiger charge is -2.29. The molecule has 5 heteroatoms. The largest absolute Gasteiger partial charge is 0.349 e. The van der Waals surface area contributed by atoms with Crippen LogP contribution in [-0.4, -0.2) is 34.8 Å². The SMILES string of the molecule is CCC(=O)N(C)Cc1c(-c2ccccc2)nc2ccccc2c1C(=O)N[C@@H](C)C1CCCCC1. The van der Waals surface area contributed by atoms with E-state index in [-0.39, 0.29) is 17.9 Å². The molecule has 1 aliphatic carbocycles. The molecule has 1 fully saturated rings. The highest BCUT2D eigenvalue weighted by Gasteiger charge is 2.27. The van der Waals surface area contributed by atoms with Gasteiger partial charge in [-0.3, -0.25) is 9.59 Å². The van der Waals surface area contributed by atoms with Gasteiger partial charge in [0.1, 0.15) is 0 Å². The van der Waals surface area contributed by atoms with Gasteiger partial charge >= 0.3 is 0 Å². The Morgan fingerprint density at radius 2 is 1.71 bits per heavy atom. The Bertz CT molecular complexity index is 1150. The smallest absolute Gasteiger partial charge is 0.252 e. The molecule has 1 heterocycles. The van der Waals surface area contributed by atoms with E-state index in [0.717, 1.165) is 40.6 Å². The van der Waals surface area contributed by atoms with Gasteiger partial charge in [0, 0.05) is 42.6 Å². The summed E-state index contributed by atoms with van der Waals surface area (Å²) in [4.78, 5) is 33.1. The lowest BCUT2D eigenvalue weighted by molar-refractivity contribution is -0.130. The van der Waals surface area contributed by atoms with Gasteiger partial charge in [0.2, 0.25) is 5.91 Å². The molecule has 1 saturated carbocycles. The van der Waals surface area contributed by atoms with Gasteiger partial charge in [-0.15, -0.1) is 0 Å². The molecule has 0 saturated heterocycles. The Morgan fingerprint density at radius 3 is 2.41 bits per heavy atom. The summed E-state index contributed by atoms with van der Waals surface area (Å²) in [5.74, 6) is 0.461. The quantitative estimate of drug-likeness (QED) is 0.475. The molecule has 1 atom stereocenters. The van der Waals surface area contributed by atoms with E-state index in [1.165, 1.54) is 19.3 Å². The van der Waals surface area contributed by atoms with E-state index >= 15 is 0 Å². The second-order valence-electron chi connectivity index (χ2n) is 9.46. The van der Waals surface area contributed by atoms with Crippen LogP contribution in [0.1, 0.15) is 68.3 Å². The summed E-state index contributed by atoms with van der Waals surface area (Å²) in [5.41, 5.74) is 3.90. The monoisotopic (exact) mass is 457 g/mol. The Hall–Kier alpha value is -3.21. The van der Waals surface area contributed by atoms with Crippen molar-refractivity contribution in [2.24, 2.45) is 5.92 Å². The van der Waals surface area contributed by atoms with E-state index in [1.807, 2.05) is 61.5 Å². The third-order valence-corrected chi connectivity index (χ3v) is 7.11. The maximum Gasteiger partial charge on any atom is 0.252 e. The number of para-hydroxylation sites is 1. The molecule has 0 aliphatic heterocycles. The number of fused-ring (bicyclic) bond motifs is 1. The van der Waals surface area contributed by atoms with E-state index in [4.69, 9.17) is 4.98 Å². The first-order chi connectivity index (χ1) is 16.5. The molecular weight excluding hydrogens is 422 g/mol. The molecule has 2 aromatic carbocycles. The fourth-order valence-corrected chi connectivity index (χ4v) is 5.13. The predicted molar refractivity (Wildman–Crippen MR) is 137 cm³/mol. The highest BCUT2D eigenvalue weighted by Crippen LogP contribution is 2.32. The number of hydrogen-bond donors (Lipinski definition) is 1. The lowest BCUT2D eigenvalue weighted by atomic mass is 9.84. The summed E-state index contributed by atoms with van der Waals surface area (Å²) in [6.07, 6.45) is 6.49. The second kappa shape index (κ2) is 10.8. The standard InChI is InChI=1S/C29H35N3O2/c1-4-26(33)32(3)19-24-27(29(34)30-20(2)21-13-7-5-8-14-21)23-17-11-12-18-25(23)31-28(24)22-15-9-6-10-16-22/h6,9-12,15-18,20-21H,4-5,7-8,13-14,19H2,1-3H3,(H,30,34)/t20-/m0/s1. The van der Waals surface area contributed by atoms with Crippen molar-refractivity contribution in [1.82, 2.24) is 15.2 Å². The average Bonchev–Trinajstić information content (AvgIpc) is 2.88. The molecule has 0 spiro atoms. The summed E-state index contributed by atoms with van der Waals surface area (Å²) < 4.78 is 0. The topological polar surface area (TPSA) is 62.3 Å². The molecule has 4 rings (SSSR count). The number of aromatic nitrogens is 1. The van der Waals surface area contributed by atoms with Crippen LogP contribution in [0.3, 0.4) is 0 Å². The Labute approximate surface area is 202 Å². The molecular formula is C29H35N3O2. The van der Waals surface area contributed by atoms with E-state index in [1.54, 1.807) is 11.9 Å². The average molecular weight is 458 g/mol. The van der Waals surface area contributed by atoms with Gasteiger partial charge < -0.3 is 10.2 Å². The van der Waals surface area contributed by atoms with Gasteiger partial charge in [-0.2, -0.15) is 0 Å². The number of hydrogen-bond acceptors (Lipinski definition) is 3. The van der Waals surface area contributed by atoms with Crippen LogP contribution in [0, 0.1) is 5.92 Å². The number of pyridine rings is 1. The molecule has 178 valence electrons. The van der Waals surface area contributed by atoms with Crippen molar-refractivity contribution in [2.45, 2.75) is 65.0 Å². The predicted octanol–water partition coefficient (Wildman–Crippen LogP) is 5.97. The first-order valence-corrected chi connectivity index (χ1v) is 12.5. The zero-order chi connectivity index (χ0) is 24.1. The first-order valence-electron chi connectivity index (χ1n) is 12.5. The summed E-state index contributed by atoms with van der Waals surface area (Å²) >= 11 is 0. The van der Waals surface area contributed by atoms with E-state index < -0.39 is 0 Å². The van der Waals surface area contributed by atoms with Gasteiger partial charge in [0.15, 0.2) is 0 Å². The molecule has 0 radical (unpaired) electrons. The fourth-order valence-electron chi connectivity index (χ4n) is 5.13. The molecule has 1 aromatic heterocycles. The van der Waals surface area contributed by atoms with Crippen LogP contribution in [0.15, 0.2) is 54.6 Å². The van der Waals surface area contributed by atoms with Crippen molar-refractivity contribution in [2.75, 3.05) is 7.05 Å². The minimum atomic E-state index is -0.0822. The van der Waals surface area contributed by atoms with Gasteiger partial charge in [-0.25, -0.2) is 4.98 Å². The second-order valence-corrected chi connectivity index (χ2v) is 9.46. The van der Waals surface area contributed by atoms with Crippen LogP contribution in [0.4, 0.5) is 0 Å². The number of nitrogens with one attached hydrogen (secondary N) is 1. The Morgan fingerprint density at radius 1 is 1.03 bits per heavy atom. The van der Waals surface area contributed by atoms with Crippen LogP contribution in [-0.2, 0) is 11.3 Å². The van der Waals surface area contributed by atoms with E-state index in [0.29, 0.717) is 24.4 Å². The van der Waals surface area contributed by atoms with Crippen LogP contribution in [0.2, 0.25) is 0 Å². The van der Waals surface area contributed by atoms with Crippen molar-refractivity contribution in [3.8, 4) is 11.3 Å². The number of amides is 2. The Kier molecular flexibility index (Phi) is 7.61. The highest BCUT2D eigenvalue weighted by molar-refractivity contribution is 6.09. The van der Waals surface area contributed by atoms with Gasteiger partial charge in [0.25, 0.3) is 5.91 Å². The fraction of sp³-hybridized carbons (Fsp3) is 0.414. The van der Waals surface area contributed by atoms with E-state index in [9.17, 15) is 9.59 Å². The number of carbonyl (C=O) groups excluding carboxylic acids is 2. The minimum Gasteiger partial charge on any atom is -0.349 e. The minimum absolute atomic E-state index is 0.0362.